The Morgan fingerprint density at radius 3 is 2.56 bits per heavy atom. The first-order valence-corrected chi connectivity index (χ1v) is 11.2. The minimum atomic E-state index is -3.55. The second-order valence-corrected chi connectivity index (χ2v) is 10.8. The Bertz CT molecular complexity index is 779. The number of sulfonamides is 1. The van der Waals surface area contributed by atoms with Crippen LogP contribution < -0.4 is 5.32 Å². The molecule has 25 heavy (non-hydrogen) atoms. The van der Waals surface area contributed by atoms with Gasteiger partial charge in [-0.2, -0.15) is 0 Å². The highest BCUT2D eigenvalue weighted by molar-refractivity contribution is 14.1. The highest BCUT2D eigenvalue weighted by atomic mass is 127. The van der Waals surface area contributed by atoms with Gasteiger partial charge in [-0.25, -0.2) is 12.7 Å². The Labute approximate surface area is 163 Å². The van der Waals surface area contributed by atoms with Gasteiger partial charge in [-0.15, -0.1) is 0 Å². The number of amides is 1. The van der Waals surface area contributed by atoms with Crippen molar-refractivity contribution in [2.75, 3.05) is 14.1 Å². The summed E-state index contributed by atoms with van der Waals surface area (Å²) in [6, 6.07) is 4.84. The molecule has 5 nitrogen and oxygen atoms in total. The van der Waals surface area contributed by atoms with Gasteiger partial charge in [0.25, 0.3) is 5.91 Å². The zero-order valence-electron chi connectivity index (χ0n) is 14.8. The SMILES string of the molecule is CC(NC(=O)c1cc(S(=O)(=O)N(C)C)ccc1I)C1CC2CCC1C2. The molecular weight excluding hydrogens is 451 g/mol. The molecule has 0 aliphatic heterocycles. The number of hydrogen-bond acceptors (Lipinski definition) is 3. The van der Waals surface area contributed by atoms with Crippen molar-refractivity contribution in [3.63, 3.8) is 0 Å². The molecule has 2 aliphatic carbocycles. The number of nitrogens with one attached hydrogen (secondary N) is 1. The van der Waals surface area contributed by atoms with E-state index in [9.17, 15) is 13.2 Å². The van der Waals surface area contributed by atoms with Crippen molar-refractivity contribution in [3.8, 4) is 0 Å². The standard InChI is InChI=1S/C18H25IN2O3S/c1-11(15-9-12-4-5-13(15)8-12)20-18(22)16-10-14(6-7-17(16)19)25(23,24)21(2)3/h6-7,10-13,15H,4-5,8-9H2,1-3H3,(H,20,22). The first kappa shape index (κ1) is 19.1. The molecule has 7 heteroatoms. The summed E-state index contributed by atoms with van der Waals surface area (Å²) in [6.45, 7) is 2.08. The maximum atomic E-state index is 12.8. The molecule has 2 fully saturated rings. The largest absolute Gasteiger partial charge is 0.349 e. The van der Waals surface area contributed by atoms with Crippen molar-refractivity contribution in [2.24, 2.45) is 17.8 Å². The molecular formula is C18H25IN2O3S. The summed E-state index contributed by atoms with van der Waals surface area (Å²) >= 11 is 2.08. The molecule has 138 valence electrons. The second-order valence-electron chi connectivity index (χ2n) is 7.53. The van der Waals surface area contributed by atoms with Gasteiger partial charge < -0.3 is 5.32 Å². The highest BCUT2D eigenvalue weighted by Crippen LogP contribution is 2.49. The van der Waals surface area contributed by atoms with Gasteiger partial charge >= 0.3 is 0 Å². The number of nitrogens with zero attached hydrogens (tertiary/aromatic N) is 1. The number of fused-ring (bicyclic) bond motifs is 2. The van der Waals surface area contributed by atoms with Gasteiger partial charge in [0.15, 0.2) is 0 Å². The molecule has 0 radical (unpaired) electrons. The molecule has 0 saturated heterocycles. The molecule has 4 atom stereocenters. The predicted octanol–water partition coefficient (Wildman–Crippen LogP) is 3.10. The molecule has 1 amide bonds. The smallest absolute Gasteiger partial charge is 0.252 e. The number of benzene rings is 1. The molecule has 2 aliphatic rings. The van der Waals surface area contributed by atoms with Gasteiger partial charge in [0.05, 0.1) is 10.5 Å². The molecule has 3 rings (SSSR count). The van der Waals surface area contributed by atoms with E-state index in [0.29, 0.717) is 11.5 Å². The number of halogens is 1. The van der Waals surface area contributed by atoms with Gasteiger partial charge in [-0.1, -0.05) is 6.42 Å². The summed E-state index contributed by atoms with van der Waals surface area (Å²) in [7, 11) is -0.570. The van der Waals surface area contributed by atoms with Crippen LogP contribution in [0, 0.1) is 21.3 Å². The third-order valence-electron chi connectivity index (χ3n) is 5.75. The summed E-state index contributed by atoms with van der Waals surface area (Å²) in [5, 5.41) is 3.12. The summed E-state index contributed by atoms with van der Waals surface area (Å²) in [6.07, 6.45) is 5.13. The van der Waals surface area contributed by atoms with Crippen LogP contribution in [-0.2, 0) is 10.0 Å². The molecule has 2 bridgehead atoms. The van der Waals surface area contributed by atoms with Crippen LogP contribution in [0.25, 0.3) is 0 Å². The third kappa shape index (κ3) is 3.73. The van der Waals surface area contributed by atoms with Crippen LogP contribution in [0.2, 0.25) is 0 Å². The fraction of sp³-hybridized carbons (Fsp3) is 0.611. The van der Waals surface area contributed by atoms with Crippen molar-refractivity contribution >= 4 is 38.5 Å². The van der Waals surface area contributed by atoms with E-state index in [1.54, 1.807) is 12.1 Å². The maximum Gasteiger partial charge on any atom is 0.252 e. The fourth-order valence-corrected chi connectivity index (χ4v) is 5.86. The van der Waals surface area contributed by atoms with Gasteiger partial charge in [0.1, 0.15) is 0 Å². The number of rotatable bonds is 5. The maximum absolute atomic E-state index is 12.8. The van der Waals surface area contributed by atoms with Crippen LogP contribution in [0.3, 0.4) is 0 Å². The Morgan fingerprint density at radius 2 is 2.00 bits per heavy atom. The molecule has 4 unspecified atom stereocenters. The molecule has 0 spiro atoms. The van der Waals surface area contributed by atoms with E-state index in [-0.39, 0.29) is 16.8 Å². The Balaban J connectivity index is 1.78. The van der Waals surface area contributed by atoms with Crippen molar-refractivity contribution in [3.05, 3.63) is 27.3 Å². The number of carbonyl (C=O) groups is 1. The Kier molecular flexibility index (Phi) is 5.46. The summed E-state index contributed by atoms with van der Waals surface area (Å²) in [5.74, 6) is 1.94. The normalized spacial score (nSPS) is 26.8. The van der Waals surface area contributed by atoms with Gasteiger partial charge in [0, 0.05) is 23.7 Å². The lowest BCUT2D eigenvalue weighted by Gasteiger charge is -2.28. The number of carbonyl (C=O) groups excluding carboxylic acids is 1. The topological polar surface area (TPSA) is 66.5 Å². The molecule has 2 saturated carbocycles. The van der Waals surface area contributed by atoms with E-state index in [4.69, 9.17) is 0 Å². The lowest BCUT2D eigenvalue weighted by Crippen LogP contribution is -2.40. The molecule has 0 heterocycles. The van der Waals surface area contributed by atoms with Crippen LogP contribution >= 0.6 is 22.6 Å². The fourth-order valence-electron chi connectivity index (χ4n) is 4.35. The summed E-state index contributed by atoms with van der Waals surface area (Å²) in [4.78, 5) is 12.9. The predicted molar refractivity (Wildman–Crippen MR) is 106 cm³/mol. The average molecular weight is 476 g/mol. The quantitative estimate of drug-likeness (QED) is 0.665. The Morgan fingerprint density at radius 1 is 1.28 bits per heavy atom. The zero-order valence-corrected chi connectivity index (χ0v) is 17.8. The lowest BCUT2D eigenvalue weighted by molar-refractivity contribution is 0.0914. The van der Waals surface area contributed by atoms with Crippen LogP contribution in [0.15, 0.2) is 23.1 Å². The van der Waals surface area contributed by atoms with E-state index in [2.05, 4.69) is 34.8 Å². The number of hydrogen-bond donors (Lipinski definition) is 1. The second kappa shape index (κ2) is 7.15. The summed E-state index contributed by atoms with van der Waals surface area (Å²) < 4.78 is 26.6. The van der Waals surface area contributed by atoms with E-state index in [0.717, 1.165) is 19.7 Å². The van der Waals surface area contributed by atoms with E-state index in [1.165, 1.54) is 45.8 Å². The third-order valence-corrected chi connectivity index (χ3v) is 8.51. The van der Waals surface area contributed by atoms with E-state index < -0.39 is 10.0 Å². The van der Waals surface area contributed by atoms with Crippen molar-refractivity contribution in [1.29, 1.82) is 0 Å². The molecule has 1 N–H and O–H groups in total. The van der Waals surface area contributed by atoms with Crippen LogP contribution in [-0.4, -0.2) is 38.8 Å². The lowest BCUT2D eigenvalue weighted by atomic mass is 9.84. The van der Waals surface area contributed by atoms with Gasteiger partial charge in [-0.3, -0.25) is 4.79 Å². The monoisotopic (exact) mass is 476 g/mol. The molecule has 1 aromatic carbocycles. The zero-order chi connectivity index (χ0) is 18.4. The first-order chi connectivity index (χ1) is 11.7. The van der Waals surface area contributed by atoms with Crippen LogP contribution in [0.5, 0.6) is 0 Å². The minimum absolute atomic E-state index is 0.118. The Hall–Kier alpha value is -0.670. The first-order valence-electron chi connectivity index (χ1n) is 8.73. The van der Waals surface area contributed by atoms with E-state index >= 15 is 0 Å². The van der Waals surface area contributed by atoms with Crippen molar-refractivity contribution in [1.82, 2.24) is 9.62 Å². The van der Waals surface area contributed by atoms with Crippen LogP contribution in [0.1, 0.15) is 43.0 Å². The molecule has 1 aromatic rings. The van der Waals surface area contributed by atoms with Crippen LogP contribution in [0.4, 0.5) is 0 Å². The van der Waals surface area contributed by atoms with Gasteiger partial charge in [0.2, 0.25) is 10.0 Å². The summed E-state index contributed by atoms with van der Waals surface area (Å²) in [5.41, 5.74) is 0.429. The van der Waals surface area contributed by atoms with E-state index in [1.807, 2.05) is 0 Å². The van der Waals surface area contributed by atoms with Crippen molar-refractivity contribution in [2.45, 2.75) is 43.5 Å². The average Bonchev–Trinajstić information content (AvgIpc) is 3.17. The highest BCUT2D eigenvalue weighted by Gasteiger charge is 2.42. The molecule has 0 aromatic heterocycles. The van der Waals surface area contributed by atoms with Crippen molar-refractivity contribution < 1.29 is 13.2 Å². The minimum Gasteiger partial charge on any atom is -0.349 e. The van der Waals surface area contributed by atoms with Gasteiger partial charge in [-0.05, 0) is 84.7 Å².